The molecule has 8 nitrogen and oxygen atoms in total. The number of rotatable bonds is 6. The van der Waals surface area contributed by atoms with Crippen molar-refractivity contribution in [2.24, 2.45) is 5.92 Å². The second kappa shape index (κ2) is 8.46. The van der Waals surface area contributed by atoms with Crippen LogP contribution >= 0.6 is 0 Å². The third-order valence-electron chi connectivity index (χ3n) is 5.62. The summed E-state index contributed by atoms with van der Waals surface area (Å²) in [6.45, 7) is 3.68. The van der Waals surface area contributed by atoms with E-state index in [4.69, 9.17) is 0 Å². The maximum absolute atomic E-state index is 13.2. The first kappa shape index (κ1) is 19.2. The summed E-state index contributed by atoms with van der Waals surface area (Å²) in [6.07, 6.45) is 7.79. The minimum atomic E-state index is -0.557. The van der Waals surface area contributed by atoms with Crippen LogP contribution in [-0.2, 0) is 22.6 Å². The van der Waals surface area contributed by atoms with Gasteiger partial charge < -0.3 is 15.2 Å². The Balaban J connectivity index is 1.41. The molecule has 1 saturated heterocycles. The molecule has 1 aliphatic rings. The molecule has 0 saturated carbocycles. The standard InChI is InChI=1S/C21H26N6O2/c1-15(28)24-20(12-17-13-22-19-5-3-2-4-18(17)19)21(29)26-9-6-16(7-10-26)14-27-11-8-23-25-27/h2-5,8,11,13,16,20,22H,6-7,9-10,12,14H2,1H3,(H,24,28). The van der Waals surface area contributed by atoms with Crippen molar-refractivity contribution in [3.8, 4) is 0 Å². The zero-order valence-corrected chi connectivity index (χ0v) is 16.5. The number of nitrogens with zero attached hydrogens (tertiary/aromatic N) is 4. The summed E-state index contributed by atoms with van der Waals surface area (Å²) in [5, 5.41) is 11.8. The van der Waals surface area contributed by atoms with Crippen LogP contribution in [0.4, 0.5) is 0 Å². The summed E-state index contributed by atoms with van der Waals surface area (Å²) in [5.41, 5.74) is 2.07. The molecule has 1 aromatic carbocycles. The van der Waals surface area contributed by atoms with E-state index in [1.807, 2.05) is 46.2 Å². The Bertz CT molecular complexity index is 972. The molecule has 0 spiro atoms. The third-order valence-corrected chi connectivity index (χ3v) is 5.62. The SMILES string of the molecule is CC(=O)NC(Cc1c[nH]c2ccccc12)C(=O)N1CCC(Cn2ccnn2)CC1. The van der Waals surface area contributed by atoms with Gasteiger partial charge in [-0.15, -0.1) is 5.10 Å². The molecule has 3 aromatic rings. The number of aromatic nitrogens is 4. The van der Waals surface area contributed by atoms with E-state index in [1.54, 1.807) is 6.20 Å². The molecule has 1 aliphatic heterocycles. The Morgan fingerprint density at radius 1 is 1.28 bits per heavy atom. The second-order valence-electron chi connectivity index (χ2n) is 7.71. The number of hydrogen-bond donors (Lipinski definition) is 2. The van der Waals surface area contributed by atoms with E-state index in [0.717, 1.165) is 35.9 Å². The average molecular weight is 394 g/mol. The molecule has 1 atom stereocenters. The fraction of sp³-hybridized carbons (Fsp3) is 0.429. The van der Waals surface area contributed by atoms with Crippen LogP contribution in [0.25, 0.3) is 10.9 Å². The first-order valence-corrected chi connectivity index (χ1v) is 10.0. The maximum Gasteiger partial charge on any atom is 0.245 e. The molecule has 0 aliphatic carbocycles. The molecule has 1 fully saturated rings. The molecule has 3 heterocycles. The summed E-state index contributed by atoms with van der Waals surface area (Å²) in [5.74, 6) is 0.280. The molecule has 0 bridgehead atoms. The van der Waals surface area contributed by atoms with Crippen LogP contribution in [0.3, 0.4) is 0 Å². The number of hydrogen-bond acceptors (Lipinski definition) is 4. The third kappa shape index (κ3) is 4.47. The van der Waals surface area contributed by atoms with Crippen LogP contribution in [0.15, 0.2) is 42.9 Å². The van der Waals surface area contributed by atoms with Gasteiger partial charge in [0, 0.05) is 56.3 Å². The molecule has 2 aromatic heterocycles. The molecule has 2 amide bonds. The summed E-state index contributed by atoms with van der Waals surface area (Å²) < 4.78 is 1.85. The number of nitrogens with one attached hydrogen (secondary N) is 2. The van der Waals surface area contributed by atoms with E-state index >= 15 is 0 Å². The zero-order valence-electron chi connectivity index (χ0n) is 16.5. The topological polar surface area (TPSA) is 95.9 Å². The number of carbonyl (C=O) groups is 2. The van der Waals surface area contributed by atoms with Gasteiger partial charge in [-0.25, -0.2) is 0 Å². The number of amides is 2. The van der Waals surface area contributed by atoms with Crippen molar-refractivity contribution < 1.29 is 9.59 Å². The zero-order chi connectivity index (χ0) is 20.2. The fourth-order valence-electron chi connectivity index (χ4n) is 4.12. The Labute approximate surface area is 169 Å². The predicted octanol–water partition coefficient (Wildman–Crippen LogP) is 1.75. The minimum Gasteiger partial charge on any atom is -0.361 e. The van der Waals surface area contributed by atoms with E-state index in [2.05, 4.69) is 20.6 Å². The van der Waals surface area contributed by atoms with E-state index < -0.39 is 6.04 Å². The van der Waals surface area contributed by atoms with Crippen molar-refractivity contribution in [3.63, 3.8) is 0 Å². The average Bonchev–Trinajstić information content (AvgIpc) is 3.37. The predicted molar refractivity (Wildman–Crippen MR) is 109 cm³/mol. The largest absolute Gasteiger partial charge is 0.361 e. The van der Waals surface area contributed by atoms with Crippen molar-refractivity contribution >= 4 is 22.7 Å². The van der Waals surface area contributed by atoms with E-state index in [-0.39, 0.29) is 11.8 Å². The highest BCUT2D eigenvalue weighted by Gasteiger charge is 2.29. The lowest BCUT2D eigenvalue weighted by atomic mass is 9.95. The van der Waals surface area contributed by atoms with Crippen LogP contribution in [0.2, 0.25) is 0 Å². The molecular formula is C21H26N6O2. The molecule has 4 rings (SSSR count). The van der Waals surface area contributed by atoms with Crippen LogP contribution < -0.4 is 5.32 Å². The molecule has 152 valence electrons. The van der Waals surface area contributed by atoms with Gasteiger partial charge in [0.25, 0.3) is 0 Å². The van der Waals surface area contributed by atoms with Gasteiger partial charge >= 0.3 is 0 Å². The van der Waals surface area contributed by atoms with Crippen LogP contribution in [0.1, 0.15) is 25.3 Å². The minimum absolute atomic E-state index is 0.00955. The van der Waals surface area contributed by atoms with Gasteiger partial charge in [0.05, 0.1) is 6.20 Å². The number of aromatic amines is 1. The highest BCUT2D eigenvalue weighted by Crippen LogP contribution is 2.22. The lowest BCUT2D eigenvalue weighted by molar-refractivity contribution is -0.137. The second-order valence-corrected chi connectivity index (χ2v) is 7.71. The van der Waals surface area contributed by atoms with Gasteiger partial charge in [-0.1, -0.05) is 23.4 Å². The van der Waals surface area contributed by atoms with Crippen LogP contribution in [-0.4, -0.2) is 55.8 Å². The molecule has 1 unspecified atom stereocenters. The van der Waals surface area contributed by atoms with Crippen LogP contribution in [0.5, 0.6) is 0 Å². The normalized spacial score (nSPS) is 16.1. The highest BCUT2D eigenvalue weighted by molar-refractivity contribution is 5.89. The monoisotopic (exact) mass is 394 g/mol. The number of para-hydroxylation sites is 1. The van der Waals surface area contributed by atoms with Gasteiger partial charge in [-0.2, -0.15) is 0 Å². The summed E-state index contributed by atoms with van der Waals surface area (Å²) in [6, 6.07) is 7.44. The van der Waals surface area contributed by atoms with Gasteiger partial charge in [-0.3, -0.25) is 14.3 Å². The van der Waals surface area contributed by atoms with Gasteiger partial charge in [-0.05, 0) is 30.4 Å². The first-order valence-electron chi connectivity index (χ1n) is 10.0. The quantitative estimate of drug-likeness (QED) is 0.666. The molecule has 0 radical (unpaired) electrons. The Morgan fingerprint density at radius 2 is 2.07 bits per heavy atom. The smallest absolute Gasteiger partial charge is 0.245 e. The lowest BCUT2D eigenvalue weighted by Gasteiger charge is -2.34. The van der Waals surface area contributed by atoms with Crippen molar-refractivity contribution in [2.45, 2.75) is 38.8 Å². The molecular weight excluding hydrogens is 368 g/mol. The lowest BCUT2D eigenvalue weighted by Crippen LogP contribution is -2.51. The number of carbonyl (C=O) groups excluding carboxylic acids is 2. The molecule has 8 heteroatoms. The van der Waals surface area contributed by atoms with E-state index in [0.29, 0.717) is 25.4 Å². The van der Waals surface area contributed by atoms with Crippen molar-refractivity contribution in [2.75, 3.05) is 13.1 Å². The Morgan fingerprint density at radius 3 is 2.79 bits per heavy atom. The van der Waals surface area contributed by atoms with Crippen LogP contribution in [0, 0.1) is 5.92 Å². The van der Waals surface area contributed by atoms with Crippen molar-refractivity contribution in [1.82, 2.24) is 30.2 Å². The number of H-pyrrole nitrogens is 1. The summed E-state index contributed by atoms with van der Waals surface area (Å²) in [4.78, 5) is 30.1. The van der Waals surface area contributed by atoms with Gasteiger partial charge in [0.15, 0.2) is 0 Å². The van der Waals surface area contributed by atoms with Crippen molar-refractivity contribution in [1.29, 1.82) is 0 Å². The Kier molecular flexibility index (Phi) is 5.59. The van der Waals surface area contributed by atoms with Crippen molar-refractivity contribution in [3.05, 3.63) is 48.4 Å². The van der Waals surface area contributed by atoms with E-state index in [9.17, 15) is 9.59 Å². The molecule has 2 N–H and O–H groups in total. The first-order chi connectivity index (χ1) is 14.1. The summed E-state index contributed by atoms with van der Waals surface area (Å²) >= 11 is 0. The highest BCUT2D eigenvalue weighted by atomic mass is 16.2. The maximum atomic E-state index is 13.2. The van der Waals surface area contributed by atoms with E-state index in [1.165, 1.54) is 6.92 Å². The number of fused-ring (bicyclic) bond motifs is 1. The molecule has 29 heavy (non-hydrogen) atoms. The number of benzene rings is 1. The fourth-order valence-corrected chi connectivity index (χ4v) is 4.12. The number of likely N-dealkylation sites (tertiary alicyclic amines) is 1. The Hall–Kier alpha value is -3.16. The summed E-state index contributed by atoms with van der Waals surface area (Å²) in [7, 11) is 0. The van der Waals surface area contributed by atoms with Gasteiger partial charge in [0.1, 0.15) is 6.04 Å². The van der Waals surface area contributed by atoms with Gasteiger partial charge in [0.2, 0.25) is 11.8 Å². The number of piperidine rings is 1.